The molecule has 0 heterocycles. The van der Waals surface area contributed by atoms with E-state index in [0.717, 1.165) is 0 Å². The number of nitrogens with two attached hydrogens (primary N) is 1. The highest BCUT2D eigenvalue weighted by Gasteiger charge is 2.00. The number of aliphatic hydroxyl groups excluding tert-OH is 1. The van der Waals surface area contributed by atoms with Crippen molar-refractivity contribution in [2.24, 2.45) is 5.73 Å². The molecule has 0 aliphatic heterocycles. The maximum absolute atomic E-state index is 10.5. The summed E-state index contributed by atoms with van der Waals surface area (Å²) < 4.78 is 9.05. The average Bonchev–Trinajstić information content (AvgIpc) is 2.33. The van der Waals surface area contributed by atoms with Crippen molar-refractivity contribution < 1.29 is 24.2 Å². The number of carbonyl (C=O) groups is 2. The van der Waals surface area contributed by atoms with Gasteiger partial charge in [0.25, 0.3) is 0 Å². The molecule has 0 rings (SSSR count). The van der Waals surface area contributed by atoms with E-state index in [1.54, 1.807) is 13.8 Å². The van der Waals surface area contributed by atoms with Crippen molar-refractivity contribution >= 4 is 11.9 Å². The van der Waals surface area contributed by atoms with E-state index in [9.17, 15) is 9.59 Å². The quantitative estimate of drug-likeness (QED) is 0.521. The minimum absolute atomic E-state index is 0.0473. The van der Waals surface area contributed by atoms with Crippen LogP contribution in [0.4, 0.5) is 0 Å². The third-order valence-corrected chi connectivity index (χ3v) is 1.37. The number of esters is 2. The van der Waals surface area contributed by atoms with Crippen LogP contribution < -0.4 is 5.73 Å². The summed E-state index contributed by atoms with van der Waals surface area (Å²) in [6, 6.07) is 0. The van der Waals surface area contributed by atoms with E-state index in [-0.39, 0.29) is 25.8 Å². The van der Waals surface area contributed by atoms with Crippen LogP contribution in [0.1, 0.15) is 13.8 Å². The monoisotopic (exact) mass is 259 g/mol. The zero-order valence-electron chi connectivity index (χ0n) is 10.9. The predicted octanol–water partition coefficient (Wildman–Crippen LogP) is 0.162. The van der Waals surface area contributed by atoms with Crippen molar-refractivity contribution in [2.75, 3.05) is 26.4 Å². The molecule has 6 heteroatoms. The lowest BCUT2D eigenvalue weighted by Crippen LogP contribution is -2.13. The molecule has 0 amide bonds. The molecule has 3 N–H and O–H groups in total. The van der Waals surface area contributed by atoms with Crippen LogP contribution in [0.2, 0.25) is 0 Å². The van der Waals surface area contributed by atoms with Crippen molar-refractivity contribution in [3.63, 3.8) is 0 Å². The first-order valence-electron chi connectivity index (χ1n) is 5.33. The molecule has 0 aliphatic rings. The first-order valence-corrected chi connectivity index (χ1v) is 5.33. The molecular weight excluding hydrogens is 238 g/mol. The Morgan fingerprint density at radius 1 is 1.06 bits per heavy atom. The lowest BCUT2D eigenvalue weighted by Gasteiger charge is -1.99. The number of carbonyl (C=O) groups excluding carboxylic acids is 2. The first-order chi connectivity index (χ1) is 8.36. The Hall–Kier alpha value is -1.66. The molecule has 0 saturated carbocycles. The second kappa shape index (κ2) is 11.8. The Balaban J connectivity index is 0. The van der Waals surface area contributed by atoms with Gasteiger partial charge >= 0.3 is 11.9 Å². The number of rotatable bonds is 6. The summed E-state index contributed by atoms with van der Waals surface area (Å²) in [4.78, 5) is 21.0. The van der Waals surface area contributed by atoms with Gasteiger partial charge in [-0.25, -0.2) is 9.59 Å². The Labute approximate surface area is 107 Å². The van der Waals surface area contributed by atoms with Gasteiger partial charge in [-0.3, -0.25) is 0 Å². The van der Waals surface area contributed by atoms with E-state index >= 15 is 0 Å². The van der Waals surface area contributed by atoms with Gasteiger partial charge in [0.05, 0.1) is 6.61 Å². The molecule has 104 valence electrons. The summed E-state index contributed by atoms with van der Waals surface area (Å²) in [6.45, 7) is 10.4. The van der Waals surface area contributed by atoms with Crippen LogP contribution >= 0.6 is 0 Å². The topological polar surface area (TPSA) is 98.9 Å². The molecule has 0 bridgehead atoms. The van der Waals surface area contributed by atoms with Gasteiger partial charge in [-0.15, -0.1) is 0 Å². The highest BCUT2D eigenvalue weighted by atomic mass is 16.5. The van der Waals surface area contributed by atoms with Crippen LogP contribution in [0.3, 0.4) is 0 Å². The molecule has 0 aromatic carbocycles. The van der Waals surface area contributed by atoms with Gasteiger partial charge < -0.3 is 20.3 Å². The molecule has 0 spiro atoms. The second-order valence-corrected chi connectivity index (χ2v) is 3.34. The molecule has 18 heavy (non-hydrogen) atoms. The van der Waals surface area contributed by atoms with Crippen LogP contribution in [0.25, 0.3) is 0 Å². The molecule has 0 radical (unpaired) electrons. The zero-order chi connectivity index (χ0) is 14.6. The van der Waals surface area contributed by atoms with Gasteiger partial charge in [0.2, 0.25) is 0 Å². The largest absolute Gasteiger partial charge is 0.461 e. The second-order valence-electron chi connectivity index (χ2n) is 3.34. The van der Waals surface area contributed by atoms with E-state index < -0.39 is 5.97 Å². The van der Waals surface area contributed by atoms with Gasteiger partial charge in [-0.1, -0.05) is 13.2 Å². The normalized spacial score (nSPS) is 8.67. The highest BCUT2D eigenvalue weighted by molar-refractivity contribution is 5.87. The third-order valence-electron chi connectivity index (χ3n) is 1.37. The maximum atomic E-state index is 10.5. The molecular formula is C12H21NO5. The third kappa shape index (κ3) is 12.4. The summed E-state index contributed by atoms with van der Waals surface area (Å²) in [7, 11) is 0. The summed E-state index contributed by atoms with van der Waals surface area (Å²) in [5, 5.41) is 8.19. The fraction of sp³-hybridized carbons (Fsp3) is 0.500. The van der Waals surface area contributed by atoms with Gasteiger partial charge in [0, 0.05) is 17.7 Å². The highest BCUT2D eigenvalue weighted by Crippen LogP contribution is 1.90. The summed E-state index contributed by atoms with van der Waals surface area (Å²) in [6.07, 6.45) is 0. The van der Waals surface area contributed by atoms with E-state index in [2.05, 4.69) is 22.6 Å². The van der Waals surface area contributed by atoms with E-state index in [1.807, 2.05) is 0 Å². The van der Waals surface area contributed by atoms with Gasteiger partial charge in [-0.2, -0.15) is 0 Å². The Bertz CT molecular complexity index is 269. The van der Waals surface area contributed by atoms with Gasteiger partial charge in [0.15, 0.2) is 0 Å². The van der Waals surface area contributed by atoms with Crippen molar-refractivity contribution in [3.05, 3.63) is 24.3 Å². The summed E-state index contributed by atoms with van der Waals surface area (Å²) in [5.74, 6) is -0.829. The van der Waals surface area contributed by atoms with Crippen LogP contribution in [-0.2, 0) is 19.1 Å². The Morgan fingerprint density at radius 2 is 1.44 bits per heavy atom. The van der Waals surface area contributed by atoms with Crippen molar-refractivity contribution in [1.82, 2.24) is 0 Å². The molecule has 0 saturated heterocycles. The molecule has 0 aromatic heterocycles. The molecule has 0 aliphatic carbocycles. The van der Waals surface area contributed by atoms with E-state index in [0.29, 0.717) is 17.7 Å². The summed E-state index contributed by atoms with van der Waals surface area (Å²) in [5.41, 5.74) is 5.83. The minimum Gasteiger partial charge on any atom is -0.461 e. The number of aliphatic hydroxyl groups is 1. The van der Waals surface area contributed by atoms with Crippen LogP contribution in [0, 0.1) is 0 Å². The predicted molar refractivity (Wildman–Crippen MR) is 67.7 cm³/mol. The lowest BCUT2D eigenvalue weighted by atomic mass is 10.4. The minimum atomic E-state index is -0.455. The lowest BCUT2D eigenvalue weighted by molar-refractivity contribution is -0.140. The fourth-order valence-corrected chi connectivity index (χ4v) is 0.536. The van der Waals surface area contributed by atoms with Crippen molar-refractivity contribution in [1.29, 1.82) is 0 Å². The zero-order valence-corrected chi connectivity index (χ0v) is 10.9. The van der Waals surface area contributed by atoms with Gasteiger partial charge in [0.1, 0.15) is 13.2 Å². The molecule has 0 aromatic rings. The molecule has 0 fully saturated rings. The van der Waals surface area contributed by atoms with E-state index in [1.165, 1.54) is 0 Å². The maximum Gasteiger partial charge on any atom is 0.333 e. The average molecular weight is 259 g/mol. The Kier molecular flexibility index (Phi) is 12.3. The first kappa shape index (κ1) is 18.7. The van der Waals surface area contributed by atoms with E-state index in [4.69, 9.17) is 10.8 Å². The van der Waals surface area contributed by atoms with Crippen LogP contribution in [0.15, 0.2) is 24.3 Å². The van der Waals surface area contributed by atoms with Crippen molar-refractivity contribution in [3.8, 4) is 0 Å². The van der Waals surface area contributed by atoms with Crippen LogP contribution in [-0.4, -0.2) is 43.4 Å². The number of ether oxygens (including phenoxy) is 2. The SMILES string of the molecule is C=C(C)C(=O)OCCN.C=C(C)C(=O)OCCO. The number of hydrogen-bond acceptors (Lipinski definition) is 6. The van der Waals surface area contributed by atoms with Gasteiger partial charge in [-0.05, 0) is 13.8 Å². The molecule has 0 unspecified atom stereocenters. The Morgan fingerprint density at radius 3 is 1.72 bits per heavy atom. The van der Waals surface area contributed by atoms with Crippen LogP contribution in [0.5, 0.6) is 0 Å². The smallest absolute Gasteiger partial charge is 0.333 e. The number of hydrogen-bond donors (Lipinski definition) is 2. The molecule has 6 nitrogen and oxygen atoms in total. The summed E-state index contributed by atoms with van der Waals surface area (Å²) >= 11 is 0. The standard InChI is InChI=1S/C6H11NO2.C6H10O3/c2*1-5(2)6(8)9-4-3-7/h1,3-4,7H2,2H3;7H,1,3-4H2,2H3. The fourth-order valence-electron chi connectivity index (χ4n) is 0.536. The van der Waals surface area contributed by atoms with Crippen molar-refractivity contribution in [2.45, 2.75) is 13.8 Å². The molecule has 0 atom stereocenters.